The molecule has 0 unspecified atom stereocenters. The smallest absolute Gasteiger partial charge is 0.274 e. The number of carbonyl (C=O) groups is 1. The van der Waals surface area contributed by atoms with Gasteiger partial charge in [0.2, 0.25) is 6.79 Å². The van der Waals surface area contributed by atoms with E-state index in [2.05, 4.69) is 15.3 Å². The molecule has 4 heterocycles. The first kappa shape index (κ1) is 19.1. The molecule has 0 saturated heterocycles. The van der Waals surface area contributed by atoms with Crippen LogP contribution < -0.4 is 14.8 Å². The van der Waals surface area contributed by atoms with Crippen LogP contribution in [0.5, 0.6) is 11.5 Å². The summed E-state index contributed by atoms with van der Waals surface area (Å²) in [5.74, 6) is 1.30. The number of rotatable bonds is 6. The Bertz CT molecular complexity index is 1250. The highest BCUT2D eigenvalue weighted by molar-refractivity contribution is 7.14. The summed E-state index contributed by atoms with van der Waals surface area (Å²) in [6.07, 6.45) is 9.22. The van der Waals surface area contributed by atoms with Crippen LogP contribution in [0.15, 0.2) is 66.4 Å². The first-order chi connectivity index (χ1) is 15.2. The number of nitrogens with one attached hydrogen (secondary N) is 1. The van der Waals surface area contributed by atoms with Crippen LogP contribution in [0.1, 0.15) is 27.3 Å². The quantitative estimate of drug-likeness (QED) is 0.486. The predicted molar refractivity (Wildman–Crippen MR) is 119 cm³/mol. The van der Waals surface area contributed by atoms with E-state index in [1.54, 1.807) is 18.5 Å². The lowest BCUT2D eigenvalue weighted by Gasteiger charge is -2.08. The number of fused-ring (bicyclic) bond motifs is 1. The van der Waals surface area contributed by atoms with E-state index in [9.17, 15) is 4.79 Å². The Kier molecular flexibility index (Phi) is 5.20. The third-order valence-corrected chi connectivity index (χ3v) is 5.53. The number of benzene rings is 1. The third kappa shape index (κ3) is 4.34. The van der Waals surface area contributed by atoms with E-state index in [0.717, 1.165) is 28.3 Å². The van der Waals surface area contributed by atoms with E-state index in [1.807, 2.05) is 64.7 Å². The van der Waals surface area contributed by atoms with E-state index < -0.39 is 0 Å². The van der Waals surface area contributed by atoms with Gasteiger partial charge in [-0.1, -0.05) is 12.1 Å². The summed E-state index contributed by atoms with van der Waals surface area (Å²) in [6.45, 7) is 0.850. The topological polar surface area (TPSA) is 78.3 Å². The number of hydrogen-bond donors (Lipinski definition) is 1. The second-order valence-electron chi connectivity index (χ2n) is 6.85. The fraction of sp³-hybridized carbons (Fsp3) is 0.0870. The molecule has 0 atom stereocenters. The molecule has 8 heteroatoms. The lowest BCUT2D eigenvalue weighted by Crippen LogP contribution is -2.17. The number of ether oxygens (including phenoxy) is 2. The summed E-state index contributed by atoms with van der Waals surface area (Å²) in [7, 11) is 0. The number of hydrogen-bond acceptors (Lipinski definition) is 6. The van der Waals surface area contributed by atoms with E-state index in [0.29, 0.717) is 17.4 Å². The molecule has 0 aliphatic carbocycles. The molecule has 1 aliphatic rings. The number of nitrogens with zero attached hydrogens (tertiary/aromatic N) is 3. The molecule has 1 aromatic carbocycles. The van der Waals surface area contributed by atoms with Crippen molar-refractivity contribution in [3.8, 4) is 11.5 Å². The van der Waals surface area contributed by atoms with E-state index in [1.165, 1.54) is 11.3 Å². The van der Waals surface area contributed by atoms with Crippen LogP contribution >= 0.6 is 11.3 Å². The van der Waals surface area contributed by atoms with Gasteiger partial charge in [-0.25, -0.2) is 4.98 Å². The summed E-state index contributed by atoms with van der Waals surface area (Å²) in [6, 6.07) is 13.3. The Labute approximate surface area is 182 Å². The molecule has 0 radical (unpaired) electrons. The van der Waals surface area contributed by atoms with Crippen molar-refractivity contribution in [3.05, 3.63) is 88.9 Å². The van der Waals surface area contributed by atoms with Gasteiger partial charge in [0.1, 0.15) is 5.69 Å². The minimum Gasteiger partial charge on any atom is -0.454 e. The lowest BCUT2D eigenvalue weighted by molar-refractivity contribution is 0.101. The normalized spacial score (nSPS) is 12.4. The zero-order valence-electron chi connectivity index (χ0n) is 16.4. The molecule has 5 rings (SSSR count). The second kappa shape index (κ2) is 8.45. The van der Waals surface area contributed by atoms with Gasteiger partial charge in [-0.2, -0.15) is 0 Å². The molecule has 3 aromatic heterocycles. The van der Waals surface area contributed by atoms with Crippen molar-refractivity contribution in [2.24, 2.45) is 0 Å². The van der Waals surface area contributed by atoms with Crippen LogP contribution in [0.3, 0.4) is 0 Å². The van der Waals surface area contributed by atoms with Crippen LogP contribution in [0.2, 0.25) is 0 Å². The Morgan fingerprint density at radius 3 is 2.90 bits per heavy atom. The van der Waals surface area contributed by atoms with Crippen molar-refractivity contribution in [1.29, 1.82) is 0 Å². The molecule has 0 saturated carbocycles. The fourth-order valence-corrected chi connectivity index (χ4v) is 3.90. The first-order valence-electron chi connectivity index (χ1n) is 9.63. The van der Waals surface area contributed by atoms with Crippen molar-refractivity contribution in [2.45, 2.75) is 6.54 Å². The number of anilines is 1. The summed E-state index contributed by atoms with van der Waals surface area (Å²) in [4.78, 5) is 21.3. The van der Waals surface area contributed by atoms with Gasteiger partial charge in [-0.3, -0.25) is 15.1 Å². The molecule has 154 valence electrons. The van der Waals surface area contributed by atoms with Gasteiger partial charge in [0.05, 0.1) is 5.69 Å². The van der Waals surface area contributed by atoms with Gasteiger partial charge in [0.25, 0.3) is 5.91 Å². The van der Waals surface area contributed by atoms with Gasteiger partial charge in [0.15, 0.2) is 16.6 Å². The Morgan fingerprint density at radius 1 is 1.13 bits per heavy atom. The average molecular weight is 430 g/mol. The molecule has 1 N–H and O–H groups in total. The Morgan fingerprint density at radius 2 is 2.00 bits per heavy atom. The zero-order valence-corrected chi connectivity index (χ0v) is 17.2. The molecule has 0 fully saturated rings. The molecule has 1 amide bonds. The second-order valence-corrected chi connectivity index (χ2v) is 7.71. The Balaban J connectivity index is 1.25. The van der Waals surface area contributed by atoms with Gasteiger partial charge in [0, 0.05) is 30.5 Å². The minimum atomic E-state index is -0.195. The predicted octanol–water partition coefficient (Wildman–Crippen LogP) is 4.54. The summed E-state index contributed by atoms with van der Waals surface area (Å²) in [5.41, 5.74) is 3.40. The highest BCUT2D eigenvalue weighted by atomic mass is 32.1. The standard InChI is InChI=1S/C23H18N4O3S/c28-22(19-2-1-11-27(19)13-17-7-9-24-10-8-17)26-23-25-18(14-31-23)5-3-16-4-6-20-21(12-16)30-15-29-20/h1-12,14H,13,15H2,(H,25,26,28)/b5-3+. The number of carbonyl (C=O) groups excluding carboxylic acids is 1. The maximum atomic E-state index is 12.8. The monoisotopic (exact) mass is 430 g/mol. The summed E-state index contributed by atoms with van der Waals surface area (Å²) < 4.78 is 12.6. The fourth-order valence-electron chi connectivity index (χ4n) is 3.22. The van der Waals surface area contributed by atoms with Gasteiger partial charge in [-0.05, 0) is 53.6 Å². The van der Waals surface area contributed by atoms with Crippen LogP contribution in [-0.2, 0) is 6.54 Å². The van der Waals surface area contributed by atoms with Crippen LogP contribution in [0.25, 0.3) is 12.2 Å². The highest BCUT2D eigenvalue weighted by Crippen LogP contribution is 2.33. The molecule has 7 nitrogen and oxygen atoms in total. The maximum Gasteiger partial charge on any atom is 0.274 e. The summed E-state index contributed by atoms with van der Waals surface area (Å²) in [5, 5.41) is 5.33. The van der Waals surface area contributed by atoms with Crippen LogP contribution in [-0.4, -0.2) is 27.2 Å². The van der Waals surface area contributed by atoms with Crippen LogP contribution in [0, 0.1) is 0 Å². The SMILES string of the molecule is O=C(Nc1nc(/C=C/c2ccc3c(c2)OCO3)cs1)c1cccn1Cc1ccncc1. The van der Waals surface area contributed by atoms with Gasteiger partial charge in [-0.15, -0.1) is 11.3 Å². The Hall–Kier alpha value is -3.91. The third-order valence-electron chi connectivity index (χ3n) is 4.75. The van der Waals surface area contributed by atoms with Crippen molar-refractivity contribution in [1.82, 2.24) is 14.5 Å². The lowest BCUT2D eigenvalue weighted by atomic mass is 10.2. The minimum absolute atomic E-state index is 0.195. The van der Waals surface area contributed by atoms with Crippen molar-refractivity contribution < 1.29 is 14.3 Å². The van der Waals surface area contributed by atoms with Crippen molar-refractivity contribution in [2.75, 3.05) is 12.1 Å². The van der Waals surface area contributed by atoms with Gasteiger partial charge < -0.3 is 14.0 Å². The largest absolute Gasteiger partial charge is 0.454 e. The molecule has 0 bridgehead atoms. The number of amides is 1. The molecule has 31 heavy (non-hydrogen) atoms. The highest BCUT2D eigenvalue weighted by Gasteiger charge is 2.14. The number of pyridine rings is 1. The van der Waals surface area contributed by atoms with E-state index >= 15 is 0 Å². The van der Waals surface area contributed by atoms with Crippen molar-refractivity contribution in [3.63, 3.8) is 0 Å². The maximum absolute atomic E-state index is 12.8. The molecular weight excluding hydrogens is 412 g/mol. The van der Waals surface area contributed by atoms with E-state index in [4.69, 9.17) is 9.47 Å². The van der Waals surface area contributed by atoms with E-state index in [-0.39, 0.29) is 12.7 Å². The number of aromatic nitrogens is 3. The first-order valence-corrected chi connectivity index (χ1v) is 10.5. The van der Waals surface area contributed by atoms with Gasteiger partial charge >= 0.3 is 0 Å². The molecule has 0 spiro atoms. The molecule has 4 aromatic rings. The zero-order chi connectivity index (χ0) is 21.0. The molecule has 1 aliphatic heterocycles. The molecular formula is C23H18N4O3S. The van der Waals surface area contributed by atoms with Crippen molar-refractivity contribution >= 4 is 34.5 Å². The number of thiazole rings is 1. The average Bonchev–Trinajstić information content (AvgIpc) is 3.53. The summed E-state index contributed by atoms with van der Waals surface area (Å²) >= 11 is 1.38. The van der Waals surface area contributed by atoms with Crippen LogP contribution in [0.4, 0.5) is 5.13 Å².